The summed E-state index contributed by atoms with van der Waals surface area (Å²) < 4.78 is 5.35. The van der Waals surface area contributed by atoms with Gasteiger partial charge in [0.05, 0.1) is 12.6 Å². The third-order valence-corrected chi connectivity index (χ3v) is 2.62. The van der Waals surface area contributed by atoms with Gasteiger partial charge in [-0.25, -0.2) is 4.79 Å². The maximum Gasteiger partial charge on any atom is 0.415 e. The van der Waals surface area contributed by atoms with Crippen molar-refractivity contribution in [2.24, 2.45) is 0 Å². The summed E-state index contributed by atoms with van der Waals surface area (Å²) in [7, 11) is 0. The number of aliphatic hydroxyl groups excluding tert-OH is 1. The summed E-state index contributed by atoms with van der Waals surface area (Å²) in [6.45, 7) is 6.97. The molecule has 1 aromatic carbocycles. The summed E-state index contributed by atoms with van der Waals surface area (Å²) in [5.74, 6) is 0. The van der Waals surface area contributed by atoms with Gasteiger partial charge in [0, 0.05) is 10.7 Å². The summed E-state index contributed by atoms with van der Waals surface area (Å²) in [5.41, 5.74) is 0.00612. The molecule has 1 N–H and O–H groups in total. The number of ether oxygens (including phenoxy) is 1. The smallest absolute Gasteiger partial charge is 0.415 e. The van der Waals surface area contributed by atoms with Crippen molar-refractivity contribution in [2.45, 2.75) is 39.3 Å². The van der Waals surface area contributed by atoms with Crippen molar-refractivity contribution in [1.29, 1.82) is 0 Å². The minimum atomic E-state index is -0.594. The maximum absolute atomic E-state index is 12.2. The third-order valence-electron chi connectivity index (χ3n) is 2.38. The van der Waals surface area contributed by atoms with Crippen LogP contribution in [-0.2, 0) is 4.74 Å². The van der Waals surface area contributed by atoms with Gasteiger partial charge in [-0.2, -0.15) is 0 Å². The maximum atomic E-state index is 12.2. The largest absolute Gasteiger partial charge is 0.443 e. The van der Waals surface area contributed by atoms with Crippen molar-refractivity contribution >= 4 is 23.4 Å². The molecule has 0 bridgehead atoms. The topological polar surface area (TPSA) is 49.8 Å². The summed E-state index contributed by atoms with van der Waals surface area (Å²) in [6.07, 6.45) is -0.503. The van der Waals surface area contributed by atoms with E-state index < -0.39 is 17.7 Å². The first-order valence-electron chi connectivity index (χ1n) is 6.13. The van der Waals surface area contributed by atoms with Crippen LogP contribution in [0, 0.1) is 0 Å². The van der Waals surface area contributed by atoms with Crippen molar-refractivity contribution in [1.82, 2.24) is 0 Å². The molecule has 19 heavy (non-hydrogen) atoms. The predicted molar refractivity (Wildman–Crippen MR) is 76.7 cm³/mol. The van der Waals surface area contributed by atoms with Crippen molar-refractivity contribution in [3.8, 4) is 0 Å². The fourth-order valence-corrected chi connectivity index (χ4v) is 1.74. The summed E-state index contributed by atoms with van der Waals surface area (Å²) in [6, 6.07) is 6.49. The number of anilines is 1. The number of carbonyl (C=O) groups excluding carboxylic acids is 1. The molecule has 0 fully saturated rings. The van der Waals surface area contributed by atoms with Crippen LogP contribution < -0.4 is 4.90 Å². The van der Waals surface area contributed by atoms with Crippen LogP contribution in [0.3, 0.4) is 0 Å². The molecule has 0 radical (unpaired) electrons. The van der Waals surface area contributed by atoms with Crippen LogP contribution in [0.4, 0.5) is 10.5 Å². The van der Waals surface area contributed by atoms with E-state index in [4.69, 9.17) is 16.3 Å². The molecule has 4 nitrogen and oxygen atoms in total. The van der Waals surface area contributed by atoms with Crippen molar-refractivity contribution < 1.29 is 14.6 Å². The van der Waals surface area contributed by atoms with E-state index >= 15 is 0 Å². The Kier molecular flexibility index (Phi) is 5.20. The molecule has 0 aliphatic rings. The molecule has 0 aliphatic carbocycles. The number of rotatable bonds is 3. The van der Waals surface area contributed by atoms with Crippen LogP contribution in [0.25, 0.3) is 0 Å². The average Bonchev–Trinajstić information content (AvgIpc) is 2.26. The predicted octanol–water partition coefficient (Wildman–Crippen LogP) is 3.46. The second-order valence-corrected chi connectivity index (χ2v) is 5.80. The lowest BCUT2D eigenvalue weighted by atomic mass is 10.2. The van der Waals surface area contributed by atoms with Crippen molar-refractivity contribution in [3.05, 3.63) is 29.3 Å². The number of hydrogen-bond acceptors (Lipinski definition) is 3. The van der Waals surface area contributed by atoms with E-state index in [0.29, 0.717) is 10.7 Å². The van der Waals surface area contributed by atoms with Gasteiger partial charge >= 0.3 is 6.09 Å². The second-order valence-electron chi connectivity index (χ2n) is 5.36. The molecule has 0 aliphatic heterocycles. The summed E-state index contributed by atoms with van der Waals surface area (Å²) in [5, 5.41) is 9.82. The van der Waals surface area contributed by atoms with E-state index in [0.717, 1.165) is 0 Å². The van der Waals surface area contributed by atoms with Gasteiger partial charge in [-0.1, -0.05) is 17.7 Å². The van der Waals surface area contributed by atoms with Gasteiger partial charge in [0.2, 0.25) is 0 Å². The van der Waals surface area contributed by atoms with Gasteiger partial charge < -0.3 is 9.84 Å². The number of carbonyl (C=O) groups is 1. The van der Waals surface area contributed by atoms with Crippen molar-refractivity contribution in [3.63, 3.8) is 0 Å². The standard InChI is InChI=1S/C14H20ClNO3/c1-10(9-17)16(13(18)19-14(2,3)4)12-7-5-6-11(15)8-12/h5-8,10,17H,9H2,1-4H3/t10-/m0/s1. The third kappa shape index (κ3) is 4.73. The van der Waals surface area contributed by atoms with Gasteiger partial charge in [-0.3, -0.25) is 4.90 Å². The SMILES string of the molecule is C[C@@H](CO)N(C(=O)OC(C)(C)C)c1cccc(Cl)c1. The highest BCUT2D eigenvalue weighted by atomic mass is 35.5. The van der Waals surface area contributed by atoms with E-state index in [1.807, 2.05) is 0 Å². The number of amides is 1. The number of aliphatic hydroxyl groups is 1. The van der Waals surface area contributed by atoms with Crippen LogP contribution >= 0.6 is 11.6 Å². The molecule has 5 heteroatoms. The van der Waals surface area contributed by atoms with Crippen LogP contribution in [0.2, 0.25) is 5.02 Å². The Morgan fingerprint density at radius 3 is 2.58 bits per heavy atom. The van der Waals surface area contributed by atoms with Crippen molar-refractivity contribution in [2.75, 3.05) is 11.5 Å². The lowest BCUT2D eigenvalue weighted by Crippen LogP contribution is -2.44. The van der Waals surface area contributed by atoms with Crippen LogP contribution in [0.1, 0.15) is 27.7 Å². The van der Waals surface area contributed by atoms with Crippen LogP contribution in [0.5, 0.6) is 0 Å². The number of halogens is 1. The molecule has 1 rings (SSSR count). The fraction of sp³-hybridized carbons (Fsp3) is 0.500. The minimum Gasteiger partial charge on any atom is -0.443 e. The van der Waals surface area contributed by atoms with E-state index in [2.05, 4.69) is 0 Å². The monoisotopic (exact) mass is 285 g/mol. The highest BCUT2D eigenvalue weighted by Gasteiger charge is 2.27. The first-order chi connectivity index (χ1) is 8.74. The molecule has 1 amide bonds. The molecule has 0 spiro atoms. The zero-order chi connectivity index (χ0) is 14.6. The number of hydrogen-bond donors (Lipinski definition) is 1. The molecule has 0 aromatic heterocycles. The first-order valence-corrected chi connectivity index (χ1v) is 6.51. The minimum absolute atomic E-state index is 0.161. The zero-order valence-electron chi connectivity index (χ0n) is 11.7. The molecule has 1 atom stereocenters. The molecule has 106 valence electrons. The fourth-order valence-electron chi connectivity index (χ4n) is 1.56. The number of benzene rings is 1. The Bertz CT molecular complexity index is 443. The average molecular weight is 286 g/mol. The van der Waals surface area contributed by atoms with E-state index in [1.165, 1.54) is 4.90 Å². The zero-order valence-corrected chi connectivity index (χ0v) is 12.4. The lowest BCUT2D eigenvalue weighted by Gasteiger charge is -2.31. The Balaban J connectivity index is 3.05. The van der Waals surface area contributed by atoms with Gasteiger partial charge in [0.1, 0.15) is 5.60 Å². The molecule has 0 heterocycles. The summed E-state index contributed by atoms with van der Waals surface area (Å²) in [4.78, 5) is 13.6. The number of nitrogens with zero attached hydrogens (tertiary/aromatic N) is 1. The van der Waals surface area contributed by atoms with E-state index in [1.54, 1.807) is 52.0 Å². The molecule has 0 unspecified atom stereocenters. The van der Waals surface area contributed by atoms with E-state index in [-0.39, 0.29) is 6.61 Å². The van der Waals surface area contributed by atoms with Gasteiger partial charge in [-0.15, -0.1) is 0 Å². The quantitative estimate of drug-likeness (QED) is 0.925. The highest BCUT2D eigenvalue weighted by Crippen LogP contribution is 2.23. The Morgan fingerprint density at radius 1 is 1.47 bits per heavy atom. The van der Waals surface area contributed by atoms with Gasteiger partial charge in [0.25, 0.3) is 0 Å². The lowest BCUT2D eigenvalue weighted by molar-refractivity contribution is 0.0555. The highest BCUT2D eigenvalue weighted by molar-refractivity contribution is 6.30. The molecular weight excluding hydrogens is 266 g/mol. The Morgan fingerprint density at radius 2 is 2.11 bits per heavy atom. The molecule has 0 saturated heterocycles. The second kappa shape index (κ2) is 6.26. The first kappa shape index (κ1) is 15.8. The normalized spacial score (nSPS) is 12.9. The molecule has 0 saturated carbocycles. The Labute approximate surface area is 118 Å². The Hall–Kier alpha value is -1.26. The van der Waals surface area contributed by atoms with Crippen LogP contribution in [0.15, 0.2) is 24.3 Å². The molecular formula is C14H20ClNO3. The summed E-state index contributed by atoms with van der Waals surface area (Å²) >= 11 is 5.93. The van der Waals surface area contributed by atoms with Gasteiger partial charge in [0.15, 0.2) is 0 Å². The van der Waals surface area contributed by atoms with E-state index in [9.17, 15) is 9.90 Å². The van der Waals surface area contributed by atoms with Gasteiger partial charge in [-0.05, 0) is 45.9 Å². The molecule has 1 aromatic rings. The van der Waals surface area contributed by atoms with Crippen LogP contribution in [-0.4, -0.2) is 29.4 Å².